The maximum atomic E-state index is 13.2. The van der Waals surface area contributed by atoms with E-state index in [0.717, 1.165) is 6.07 Å². The van der Waals surface area contributed by atoms with Crippen LogP contribution in [0.5, 0.6) is 5.75 Å². The molecule has 0 amide bonds. The fourth-order valence-corrected chi connectivity index (χ4v) is 2.47. The van der Waals surface area contributed by atoms with Crippen LogP contribution in [0.3, 0.4) is 0 Å². The number of hydrogen-bond acceptors (Lipinski definition) is 4. The third-order valence-corrected chi connectivity index (χ3v) is 3.49. The molecule has 0 spiro atoms. The minimum Gasteiger partial charge on any atom is -0.496 e. The summed E-state index contributed by atoms with van der Waals surface area (Å²) in [5.74, 6) is -0.498. The van der Waals surface area contributed by atoms with E-state index < -0.39 is 17.7 Å². The molecule has 1 heterocycles. The highest BCUT2D eigenvalue weighted by Crippen LogP contribution is 2.37. The molecule has 2 rings (SSSR count). The number of aryl methyl sites for hydroxylation is 1. The van der Waals surface area contributed by atoms with Gasteiger partial charge in [0, 0.05) is 5.69 Å². The highest BCUT2D eigenvalue weighted by molar-refractivity contribution is 5.88. The Morgan fingerprint density at radius 3 is 2.50 bits per heavy atom. The first-order chi connectivity index (χ1) is 11.2. The van der Waals surface area contributed by atoms with Crippen LogP contribution in [-0.2, 0) is 10.9 Å². The first-order valence-corrected chi connectivity index (χ1v) is 7.19. The molecular weight excluding hydrogens is 325 g/mol. The molecule has 8 heteroatoms. The molecule has 5 nitrogen and oxygen atoms in total. The van der Waals surface area contributed by atoms with Gasteiger partial charge < -0.3 is 14.0 Å². The third kappa shape index (κ3) is 3.22. The molecule has 1 aromatic carbocycles. The van der Waals surface area contributed by atoms with Gasteiger partial charge in [-0.2, -0.15) is 13.2 Å². The number of imidazole rings is 1. The number of carbonyl (C=O) groups excluding carboxylic acids is 1. The van der Waals surface area contributed by atoms with Gasteiger partial charge in [0.05, 0.1) is 25.0 Å². The van der Waals surface area contributed by atoms with Gasteiger partial charge in [-0.25, -0.2) is 9.78 Å². The molecule has 24 heavy (non-hydrogen) atoms. The summed E-state index contributed by atoms with van der Waals surface area (Å²) in [4.78, 5) is 16.0. The van der Waals surface area contributed by atoms with Gasteiger partial charge in [0.15, 0.2) is 5.69 Å². The summed E-state index contributed by atoms with van der Waals surface area (Å²) in [5.41, 5.74) is -0.170. The molecule has 0 saturated carbocycles. The van der Waals surface area contributed by atoms with Crippen LogP contribution >= 0.6 is 0 Å². The van der Waals surface area contributed by atoms with Gasteiger partial charge >= 0.3 is 12.1 Å². The SMILES string of the molecule is CCOC(=O)c1nc(C)n(-c2ccc(OC)c(C(F)(F)F)c2)c1C. The topological polar surface area (TPSA) is 53.3 Å². The van der Waals surface area contributed by atoms with Crippen molar-refractivity contribution >= 4 is 5.97 Å². The van der Waals surface area contributed by atoms with Crippen LogP contribution in [-0.4, -0.2) is 29.2 Å². The highest BCUT2D eigenvalue weighted by atomic mass is 19.4. The molecule has 0 radical (unpaired) electrons. The predicted octanol–water partition coefficient (Wildman–Crippen LogP) is 3.69. The van der Waals surface area contributed by atoms with Crippen molar-refractivity contribution in [1.29, 1.82) is 0 Å². The monoisotopic (exact) mass is 342 g/mol. The molecule has 1 aromatic heterocycles. The Labute approximate surface area is 137 Å². The van der Waals surface area contributed by atoms with Gasteiger partial charge in [0.25, 0.3) is 0 Å². The van der Waals surface area contributed by atoms with Crippen molar-refractivity contribution in [2.75, 3.05) is 13.7 Å². The van der Waals surface area contributed by atoms with E-state index in [1.807, 2.05) is 0 Å². The van der Waals surface area contributed by atoms with E-state index in [0.29, 0.717) is 11.5 Å². The van der Waals surface area contributed by atoms with Crippen molar-refractivity contribution in [1.82, 2.24) is 9.55 Å². The number of aromatic nitrogens is 2. The Balaban J connectivity index is 2.59. The second-order valence-corrected chi connectivity index (χ2v) is 5.03. The Bertz CT molecular complexity index is 767. The van der Waals surface area contributed by atoms with Crippen LogP contribution in [0.2, 0.25) is 0 Å². The highest BCUT2D eigenvalue weighted by Gasteiger charge is 2.35. The Kier molecular flexibility index (Phi) is 4.86. The zero-order valence-corrected chi connectivity index (χ0v) is 13.7. The van der Waals surface area contributed by atoms with Crippen LogP contribution in [0, 0.1) is 13.8 Å². The van der Waals surface area contributed by atoms with Gasteiger partial charge in [0.1, 0.15) is 11.6 Å². The first kappa shape index (κ1) is 17.8. The number of halogens is 3. The zero-order chi connectivity index (χ0) is 18.1. The summed E-state index contributed by atoms with van der Waals surface area (Å²) in [7, 11) is 1.18. The van der Waals surface area contributed by atoms with E-state index in [1.54, 1.807) is 20.8 Å². The molecule has 0 unspecified atom stereocenters. The van der Waals surface area contributed by atoms with Crippen LogP contribution in [0.4, 0.5) is 13.2 Å². The van der Waals surface area contributed by atoms with Crippen molar-refractivity contribution in [3.63, 3.8) is 0 Å². The number of esters is 1. The number of benzene rings is 1. The van der Waals surface area contributed by atoms with Crippen molar-refractivity contribution in [2.24, 2.45) is 0 Å². The number of ether oxygens (including phenoxy) is 2. The van der Waals surface area contributed by atoms with Crippen molar-refractivity contribution in [3.05, 3.63) is 41.0 Å². The fraction of sp³-hybridized carbons (Fsp3) is 0.375. The maximum absolute atomic E-state index is 13.2. The normalized spacial score (nSPS) is 11.5. The summed E-state index contributed by atoms with van der Waals surface area (Å²) in [5, 5.41) is 0. The second kappa shape index (κ2) is 6.54. The van der Waals surface area contributed by atoms with E-state index in [1.165, 1.54) is 23.8 Å². The smallest absolute Gasteiger partial charge is 0.420 e. The van der Waals surface area contributed by atoms with Gasteiger partial charge in [-0.05, 0) is 39.0 Å². The molecule has 0 saturated heterocycles. The number of rotatable bonds is 4. The number of methoxy groups -OCH3 is 1. The molecule has 0 atom stereocenters. The Morgan fingerprint density at radius 1 is 1.29 bits per heavy atom. The van der Waals surface area contributed by atoms with Crippen LogP contribution in [0.15, 0.2) is 18.2 Å². The summed E-state index contributed by atoms with van der Waals surface area (Å²) in [6, 6.07) is 3.68. The standard InChI is InChI=1S/C16H17F3N2O3/c1-5-24-15(22)14-9(2)21(10(3)20-14)11-6-7-13(23-4)12(8-11)16(17,18)19/h6-8H,5H2,1-4H3. The number of carbonyl (C=O) groups is 1. The average Bonchev–Trinajstić information content (AvgIpc) is 2.81. The summed E-state index contributed by atoms with van der Waals surface area (Å²) >= 11 is 0. The van der Waals surface area contributed by atoms with E-state index in [-0.39, 0.29) is 23.7 Å². The summed E-state index contributed by atoms with van der Waals surface area (Å²) in [6.07, 6.45) is -4.56. The van der Waals surface area contributed by atoms with Crippen LogP contribution in [0.25, 0.3) is 5.69 Å². The molecular formula is C16H17F3N2O3. The van der Waals surface area contributed by atoms with Gasteiger partial charge in [-0.15, -0.1) is 0 Å². The Hall–Kier alpha value is -2.51. The van der Waals surface area contributed by atoms with Crippen LogP contribution < -0.4 is 4.74 Å². The number of hydrogen-bond donors (Lipinski definition) is 0. The lowest BCUT2D eigenvalue weighted by Crippen LogP contribution is -2.10. The summed E-state index contributed by atoms with van der Waals surface area (Å²) in [6.45, 7) is 5.05. The number of nitrogens with zero attached hydrogens (tertiary/aromatic N) is 2. The minimum absolute atomic E-state index is 0.0822. The molecule has 0 bridgehead atoms. The van der Waals surface area contributed by atoms with Crippen molar-refractivity contribution in [2.45, 2.75) is 26.9 Å². The quantitative estimate of drug-likeness (QED) is 0.795. The minimum atomic E-state index is -4.56. The fourth-order valence-electron chi connectivity index (χ4n) is 2.47. The third-order valence-electron chi connectivity index (χ3n) is 3.49. The van der Waals surface area contributed by atoms with Gasteiger partial charge in [-0.3, -0.25) is 0 Å². The Morgan fingerprint density at radius 2 is 1.96 bits per heavy atom. The lowest BCUT2D eigenvalue weighted by molar-refractivity contribution is -0.138. The van der Waals surface area contributed by atoms with E-state index >= 15 is 0 Å². The van der Waals surface area contributed by atoms with Gasteiger partial charge in [0.2, 0.25) is 0 Å². The largest absolute Gasteiger partial charge is 0.496 e. The van der Waals surface area contributed by atoms with Crippen molar-refractivity contribution < 1.29 is 27.4 Å². The van der Waals surface area contributed by atoms with Crippen LogP contribution in [0.1, 0.15) is 34.5 Å². The van der Waals surface area contributed by atoms with E-state index in [9.17, 15) is 18.0 Å². The average molecular weight is 342 g/mol. The first-order valence-electron chi connectivity index (χ1n) is 7.19. The second-order valence-electron chi connectivity index (χ2n) is 5.03. The predicted molar refractivity (Wildman–Crippen MR) is 80.5 cm³/mol. The lowest BCUT2D eigenvalue weighted by atomic mass is 10.1. The maximum Gasteiger partial charge on any atom is 0.420 e. The van der Waals surface area contributed by atoms with E-state index in [4.69, 9.17) is 9.47 Å². The zero-order valence-electron chi connectivity index (χ0n) is 13.7. The number of alkyl halides is 3. The molecule has 0 aliphatic heterocycles. The molecule has 0 fully saturated rings. The molecule has 130 valence electrons. The molecule has 0 aliphatic carbocycles. The molecule has 0 N–H and O–H groups in total. The summed E-state index contributed by atoms with van der Waals surface area (Å²) < 4.78 is 50.7. The van der Waals surface area contributed by atoms with Crippen molar-refractivity contribution in [3.8, 4) is 11.4 Å². The van der Waals surface area contributed by atoms with Gasteiger partial charge in [-0.1, -0.05) is 0 Å². The van der Waals surface area contributed by atoms with E-state index in [2.05, 4.69) is 4.98 Å². The molecule has 0 aliphatic rings. The lowest BCUT2D eigenvalue weighted by Gasteiger charge is -2.15. The molecule has 2 aromatic rings.